The Morgan fingerprint density at radius 2 is 1.07 bits per heavy atom. The van der Waals surface area contributed by atoms with E-state index >= 15 is 0 Å². The summed E-state index contributed by atoms with van der Waals surface area (Å²) in [5.41, 5.74) is -0.594. The average molecular weight is 1000 g/mol. The highest BCUT2D eigenvalue weighted by atomic mass is 31.2. The first kappa shape index (κ1) is 50.3. The highest BCUT2D eigenvalue weighted by Crippen LogP contribution is 2.52. The van der Waals surface area contributed by atoms with Gasteiger partial charge in [-0.2, -0.15) is 0 Å². The van der Waals surface area contributed by atoms with Gasteiger partial charge in [0.05, 0.1) is 39.6 Å². The van der Waals surface area contributed by atoms with Crippen molar-refractivity contribution in [1.82, 2.24) is 19.1 Å². The number of methoxy groups -OCH3 is 2. The van der Waals surface area contributed by atoms with Gasteiger partial charge in [0.1, 0.15) is 41.8 Å². The standard InChI is InChI=1S/C49H55N5O14P2/c1-31-27-53(47(57)50-45(31)55)43-25-39(67-69(5,59)52-36-15-11-8-12-16-36)42(66-43)30-64-70(6,60)68-40-26-44(54-28-32(2)46(56)51-48(54)58)65-41(40)29-63-49(33-13-9-7-10-14-33,34-17-21-37(61-3)22-18-34)35-19-23-38(62-4)24-20-35/h7-24,27-28,39-44H,25-26,29-30H2,1-6H3,(H,52,59)(H,50,55,57)(H,51,56,58)/t39-,40-,41+,42+,43+,44+,69+,70-/m0/s1. The Hall–Kier alpha value is -6.14. The summed E-state index contributed by atoms with van der Waals surface area (Å²) in [4.78, 5) is 55.6. The van der Waals surface area contributed by atoms with Gasteiger partial charge in [0.2, 0.25) is 0 Å². The zero-order valence-electron chi connectivity index (χ0n) is 39.3. The van der Waals surface area contributed by atoms with Gasteiger partial charge in [0, 0.05) is 55.4 Å². The van der Waals surface area contributed by atoms with E-state index in [0.717, 1.165) is 16.7 Å². The number of H-pyrrole nitrogens is 2. The van der Waals surface area contributed by atoms with Gasteiger partial charge in [-0.1, -0.05) is 72.8 Å². The fraction of sp³-hybridized carbons (Fsp3) is 0.347. The largest absolute Gasteiger partial charge is 0.497 e. The third kappa shape index (κ3) is 11.2. The van der Waals surface area contributed by atoms with Crippen LogP contribution in [0.15, 0.2) is 141 Å². The molecule has 70 heavy (non-hydrogen) atoms. The Balaban J connectivity index is 1.10. The minimum Gasteiger partial charge on any atom is -0.497 e. The van der Waals surface area contributed by atoms with E-state index < -0.39 is 86.7 Å². The van der Waals surface area contributed by atoms with Crippen molar-refractivity contribution in [3.8, 4) is 11.5 Å². The second kappa shape index (κ2) is 21.1. The molecule has 370 valence electrons. The van der Waals surface area contributed by atoms with E-state index in [0.29, 0.717) is 17.2 Å². The summed E-state index contributed by atoms with van der Waals surface area (Å²) in [6.07, 6.45) is -3.38. The molecule has 8 atom stereocenters. The third-order valence-electron chi connectivity index (χ3n) is 12.2. The van der Waals surface area contributed by atoms with Crippen molar-refractivity contribution in [3.63, 3.8) is 0 Å². The number of aryl methyl sites for hydroxylation is 2. The molecule has 4 heterocycles. The van der Waals surface area contributed by atoms with E-state index in [1.54, 1.807) is 45.4 Å². The number of anilines is 1. The molecule has 21 heteroatoms. The molecule has 8 rings (SSSR count). The van der Waals surface area contributed by atoms with Crippen LogP contribution >= 0.6 is 15.1 Å². The molecule has 0 amide bonds. The van der Waals surface area contributed by atoms with Crippen molar-refractivity contribution in [2.75, 3.05) is 45.9 Å². The summed E-state index contributed by atoms with van der Waals surface area (Å²) < 4.78 is 80.7. The summed E-state index contributed by atoms with van der Waals surface area (Å²) >= 11 is 0. The van der Waals surface area contributed by atoms with E-state index in [2.05, 4.69) is 15.1 Å². The van der Waals surface area contributed by atoms with Crippen LogP contribution in [0.5, 0.6) is 11.5 Å². The second-order valence-electron chi connectivity index (χ2n) is 17.2. The van der Waals surface area contributed by atoms with Gasteiger partial charge in [-0.25, -0.2) is 9.59 Å². The van der Waals surface area contributed by atoms with E-state index in [1.807, 2.05) is 84.9 Å². The normalized spacial score (nSPS) is 22.0. The van der Waals surface area contributed by atoms with Crippen LogP contribution in [-0.2, 0) is 42.5 Å². The van der Waals surface area contributed by atoms with Crippen LogP contribution in [0.1, 0.15) is 53.1 Å². The summed E-state index contributed by atoms with van der Waals surface area (Å²) in [5, 5.41) is 2.93. The molecular formula is C49H55N5O14P2. The number of aromatic amines is 2. The number of hydrogen-bond acceptors (Lipinski definition) is 14. The van der Waals surface area contributed by atoms with Crippen LogP contribution in [0.2, 0.25) is 0 Å². The summed E-state index contributed by atoms with van der Waals surface area (Å²) in [7, 11) is -4.59. The Labute approximate surface area is 402 Å². The van der Waals surface area contributed by atoms with Crippen molar-refractivity contribution < 1.29 is 46.4 Å². The molecule has 6 aromatic rings. The Kier molecular flexibility index (Phi) is 15.1. The molecule has 3 N–H and O–H groups in total. The molecule has 2 saturated heterocycles. The summed E-state index contributed by atoms with van der Waals surface area (Å²) in [6.45, 7) is 5.16. The Morgan fingerprint density at radius 3 is 1.56 bits per heavy atom. The van der Waals surface area contributed by atoms with Crippen LogP contribution in [0.3, 0.4) is 0 Å². The maximum Gasteiger partial charge on any atom is 0.330 e. The number of nitrogens with zero attached hydrogens (tertiary/aromatic N) is 2. The van der Waals surface area contributed by atoms with Gasteiger partial charge in [0.15, 0.2) is 0 Å². The van der Waals surface area contributed by atoms with Crippen LogP contribution in [0, 0.1) is 13.8 Å². The quantitative estimate of drug-likeness (QED) is 0.0557. The predicted octanol–water partition coefficient (Wildman–Crippen LogP) is 6.85. The van der Waals surface area contributed by atoms with Crippen LogP contribution < -0.4 is 37.1 Å². The molecule has 0 unspecified atom stereocenters. The van der Waals surface area contributed by atoms with Gasteiger partial charge in [-0.3, -0.25) is 37.8 Å². The highest BCUT2D eigenvalue weighted by Gasteiger charge is 2.46. The molecule has 4 aromatic carbocycles. The topological polar surface area (TPSA) is 230 Å². The summed E-state index contributed by atoms with van der Waals surface area (Å²) in [6, 6.07) is 33.3. The monoisotopic (exact) mass is 999 g/mol. The number of hydrogen-bond donors (Lipinski definition) is 3. The average Bonchev–Trinajstić information content (AvgIpc) is 3.93. The SMILES string of the molecule is COc1ccc(C(OC[C@H]2O[C@@H](n3cc(C)c(=O)[nH]c3=O)C[C@@H]2O[P@@](C)(=O)OC[C@H]2O[C@@H](n3cc(C)c(=O)[nH]c3=O)C[C@@H]2O[P@@](C)(=O)Nc2ccccc2)(c2ccccc2)c2ccc(OC)cc2)cc1. The van der Waals surface area contributed by atoms with Crippen molar-refractivity contribution in [3.05, 3.63) is 191 Å². The van der Waals surface area contributed by atoms with E-state index in [1.165, 1.54) is 41.8 Å². The van der Waals surface area contributed by atoms with Crippen LogP contribution in [0.4, 0.5) is 5.69 Å². The highest BCUT2D eigenvalue weighted by molar-refractivity contribution is 7.59. The van der Waals surface area contributed by atoms with Crippen LogP contribution in [-0.4, -0.2) is 84.3 Å². The number of benzene rings is 4. The van der Waals surface area contributed by atoms with Gasteiger partial charge in [-0.05, 0) is 66.9 Å². The van der Waals surface area contributed by atoms with E-state index in [9.17, 15) is 28.3 Å². The lowest BCUT2D eigenvalue weighted by Gasteiger charge is -2.37. The van der Waals surface area contributed by atoms with Gasteiger partial charge < -0.3 is 42.3 Å². The lowest BCUT2D eigenvalue weighted by Crippen LogP contribution is -2.38. The molecule has 2 aromatic heterocycles. The fourth-order valence-corrected chi connectivity index (χ4v) is 11.3. The zero-order chi connectivity index (χ0) is 49.8. The fourth-order valence-electron chi connectivity index (χ4n) is 8.66. The number of ether oxygens (including phenoxy) is 5. The first-order valence-corrected chi connectivity index (χ1v) is 26.5. The lowest BCUT2D eigenvalue weighted by atomic mass is 9.80. The Bertz CT molecular complexity index is 3060. The smallest absolute Gasteiger partial charge is 0.330 e. The maximum atomic E-state index is 14.6. The van der Waals surface area contributed by atoms with Crippen molar-refractivity contribution in [2.45, 2.75) is 69.2 Å². The molecule has 0 aliphatic carbocycles. The zero-order valence-corrected chi connectivity index (χ0v) is 41.1. The number of aromatic nitrogens is 4. The first-order chi connectivity index (χ1) is 33.5. The number of rotatable bonds is 19. The predicted molar refractivity (Wildman–Crippen MR) is 260 cm³/mol. The molecule has 2 aliphatic rings. The third-order valence-corrected chi connectivity index (χ3v) is 14.8. The number of para-hydroxylation sites is 1. The van der Waals surface area contributed by atoms with Crippen molar-refractivity contribution >= 4 is 20.8 Å². The van der Waals surface area contributed by atoms with E-state index in [4.69, 9.17) is 37.3 Å². The number of nitrogens with one attached hydrogen (secondary N) is 3. The minimum absolute atomic E-state index is 0.000953. The maximum absolute atomic E-state index is 14.6. The molecule has 2 fully saturated rings. The lowest BCUT2D eigenvalue weighted by molar-refractivity contribution is -0.0932. The molecule has 19 nitrogen and oxygen atoms in total. The van der Waals surface area contributed by atoms with Crippen molar-refractivity contribution in [1.29, 1.82) is 0 Å². The summed E-state index contributed by atoms with van der Waals surface area (Å²) in [5.74, 6) is 1.25. The van der Waals surface area contributed by atoms with Gasteiger partial charge >= 0.3 is 19.0 Å². The molecule has 0 saturated carbocycles. The minimum atomic E-state index is -4.13. The van der Waals surface area contributed by atoms with E-state index in [-0.39, 0.29) is 30.6 Å². The second-order valence-corrected chi connectivity index (χ2v) is 21.3. The molecule has 0 radical (unpaired) electrons. The van der Waals surface area contributed by atoms with Gasteiger partial charge in [0.25, 0.3) is 18.6 Å². The Morgan fingerprint density at radius 1 is 0.629 bits per heavy atom. The molecule has 0 spiro atoms. The van der Waals surface area contributed by atoms with Gasteiger partial charge in [-0.15, -0.1) is 0 Å². The molecule has 2 aliphatic heterocycles. The van der Waals surface area contributed by atoms with Crippen molar-refractivity contribution in [2.24, 2.45) is 0 Å². The first-order valence-electron chi connectivity index (χ1n) is 22.4. The van der Waals surface area contributed by atoms with Crippen LogP contribution in [0.25, 0.3) is 0 Å². The molecule has 0 bridgehead atoms. The molecular weight excluding hydrogens is 945 g/mol.